The fourth-order valence-electron chi connectivity index (χ4n) is 5.79. The Morgan fingerprint density at radius 2 is 1.88 bits per heavy atom. The van der Waals surface area contributed by atoms with E-state index in [4.69, 9.17) is 14.5 Å². The van der Waals surface area contributed by atoms with Gasteiger partial charge in [0.15, 0.2) is 5.82 Å². The van der Waals surface area contributed by atoms with E-state index in [1.807, 2.05) is 0 Å². The van der Waals surface area contributed by atoms with Crippen molar-refractivity contribution in [1.82, 2.24) is 19.5 Å². The second kappa shape index (κ2) is 10.3. The molecule has 1 atom stereocenters. The summed E-state index contributed by atoms with van der Waals surface area (Å²) in [6, 6.07) is 11.2. The van der Waals surface area contributed by atoms with Crippen molar-refractivity contribution in [3.05, 3.63) is 54.2 Å². The average molecular weight is 580 g/mol. The maximum Gasteiger partial charge on any atom is 0.268 e. The van der Waals surface area contributed by atoms with Crippen molar-refractivity contribution in [1.29, 1.82) is 0 Å². The summed E-state index contributed by atoms with van der Waals surface area (Å²) in [7, 11) is -4.11. The van der Waals surface area contributed by atoms with Crippen LogP contribution in [0.4, 0.5) is 5.82 Å². The third-order valence-corrected chi connectivity index (χ3v) is 9.91. The van der Waals surface area contributed by atoms with Crippen molar-refractivity contribution >= 4 is 21.7 Å². The molecule has 3 aliphatic heterocycles. The monoisotopic (exact) mass is 579 g/mol. The highest BCUT2D eigenvalue weighted by atomic mass is 32.2. The Bertz CT molecular complexity index is 1550. The maximum absolute atomic E-state index is 13.5. The summed E-state index contributed by atoms with van der Waals surface area (Å²) in [6.45, 7) is 8.37. The lowest BCUT2D eigenvalue weighted by Gasteiger charge is -2.34. The van der Waals surface area contributed by atoms with Gasteiger partial charge in [-0.2, -0.15) is 0 Å². The molecule has 0 spiro atoms. The molecule has 1 aromatic carbocycles. The lowest BCUT2D eigenvalue weighted by molar-refractivity contribution is 0.0981. The highest BCUT2D eigenvalue weighted by molar-refractivity contribution is 7.90. The molecule has 2 aromatic heterocycles. The molecule has 1 N–H and O–H groups in total. The topological polar surface area (TPSA) is 116 Å². The van der Waals surface area contributed by atoms with Gasteiger partial charge in [-0.05, 0) is 100 Å². The lowest BCUT2D eigenvalue weighted by Crippen LogP contribution is -2.41. The standard InChI is InChI=1S/C30H37N5O5S/c1-29(2)19-21-5-4-17-39-22-6-8-23(9-7-22)41(37,38)33-28(36)24-10-11-25(31-27(24)34(29)20-21)35-16-12-26(32-35)40-18-15-30(3)13-14-30/h6-12,16,21H,4-5,13-15,17-20H2,1-3H3,(H,33,36). The number of nitrogens with one attached hydrogen (secondary N) is 1. The molecule has 3 aromatic rings. The van der Waals surface area contributed by atoms with Crippen molar-refractivity contribution in [3.63, 3.8) is 0 Å². The summed E-state index contributed by atoms with van der Waals surface area (Å²) >= 11 is 0. The van der Waals surface area contributed by atoms with E-state index in [1.54, 1.807) is 41.2 Å². The van der Waals surface area contributed by atoms with Crippen LogP contribution in [-0.2, 0) is 10.0 Å². The van der Waals surface area contributed by atoms with Gasteiger partial charge < -0.3 is 14.4 Å². The molecule has 1 saturated carbocycles. The smallest absolute Gasteiger partial charge is 0.268 e. The van der Waals surface area contributed by atoms with Crippen LogP contribution in [0.25, 0.3) is 5.82 Å². The Morgan fingerprint density at radius 3 is 2.63 bits per heavy atom. The van der Waals surface area contributed by atoms with Crippen molar-refractivity contribution < 1.29 is 22.7 Å². The molecule has 1 amide bonds. The number of anilines is 1. The van der Waals surface area contributed by atoms with E-state index in [0.717, 1.165) is 25.7 Å². The highest BCUT2D eigenvalue weighted by Crippen LogP contribution is 2.48. The van der Waals surface area contributed by atoms with Crippen molar-refractivity contribution in [2.24, 2.45) is 11.3 Å². The summed E-state index contributed by atoms with van der Waals surface area (Å²) < 4.78 is 41.8. The Balaban J connectivity index is 1.34. The fraction of sp³-hybridized carbons (Fsp3) is 0.500. The largest absolute Gasteiger partial charge is 0.494 e. The van der Waals surface area contributed by atoms with Crippen LogP contribution < -0.4 is 19.1 Å². The predicted octanol–water partition coefficient (Wildman–Crippen LogP) is 4.73. The molecular formula is C30H37N5O5S. The van der Waals surface area contributed by atoms with E-state index in [2.05, 4.69) is 35.5 Å². The Kier molecular flexibility index (Phi) is 6.96. The maximum atomic E-state index is 13.5. The number of rotatable bonds is 5. The van der Waals surface area contributed by atoms with Crippen molar-refractivity contribution in [2.45, 2.75) is 69.7 Å². The molecule has 218 valence electrons. The number of amides is 1. The molecule has 4 bridgehead atoms. The van der Waals surface area contributed by atoms with E-state index < -0.39 is 15.9 Å². The van der Waals surface area contributed by atoms with Crippen LogP contribution in [0.5, 0.6) is 11.6 Å². The van der Waals surface area contributed by atoms with Gasteiger partial charge in [0.1, 0.15) is 11.6 Å². The molecule has 1 saturated heterocycles. The fourth-order valence-corrected chi connectivity index (χ4v) is 6.76. The Morgan fingerprint density at radius 1 is 1.10 bits per heavy atom. The molecule has 7 rings (SSSR count). The van der Waals surface area contributed by atoms with E-state index in [1.165, 1.54) is 25.0 Å². The highest BCUT2D eigenvalue weighted by Gasteiger charge is 2.41. The van der Waals surface area contributed by atoms with Crippen LogP contribution in [0.15, 0.2) is 53.6 Å². The van der Waals surface area contributed by atoms with E-state index >= 15 is 0 Å². The number of hydrogen-bond acceptors (Lipinski definition) is 8. The minimum atomic E-state index is -4.11. The number of hydrogen-bond donors (Lipinski definition) is 1. The average Bonchev–Trinajstić information content (AvgIpc) is 3.33. The minimum Gasteiger partial charge on any atom is -0.494 e. The number of pyridine rings is 1. The van der Waals surface area contributed by atoms with Crippen LogP contribution >= 0.6 is 0 Å². The Labute approximate surface area is 241 Å². The van der Waals surface area contributed by atoms with Gasteiger partial charge in [0.05, 0.1) is 23.7 Å². The van der Waals surface area contributed by atoms with Gasteiger partial charge in [-0.3, -0.25) is 4.79 Å². The van der Waals surface area contributed by atoms with Crippen molar-refractivity contribution in [3.8, 4) is 17.4 Å². The quantitative estimate of drug-likeness (QED) is 0.461. The zero-order valence-electron chi connectivity index (χ0n) is 23.8. The predicted molar refractivity (Wildman–Crippen MR) is 154 cm³/mol. The first-order valence-corrected chi connectivity index (χ1v) is 15.8. The second-order valence-corrected chi connectivity index (χ2v) is 14.1. The number of ether oxygens (including phenoxy) is 2. The van der Waals surface area contributed by atoms with Crippen LogP contribution in [0.1, 0.15) is 69.7 Å². The summed E-state index contributed by atoms with van der Waals surface area (Å²) in [4.78, 5) is 20.6. The van der Waals surface area contributed by atoms with Crippen LogP contribution in [0, 0.1) is 11.3 Å². The molecule has 4 aliphatic rings. The number of fused-ring (bicyclic) bond motifs is 7. The van der Waals surface area contributed by atoms with Crippen LogP contribution in [0.3, 0.4) is 0 Å². The van der Waals surface area contributed by atoms with Gasteiger partial charge in [-0.15, -0.1) is 5.10 Å². The van der Waals surface area contributed by atoms with Crippen LogP contribution in [0.2, 0.25) is 0 Å². The molecule has 10 nitrogen and oxygen atoms in total. The van der Waals surface area contributed by atoms with Gasteiger partial charge in [0, 0.05) is 24.3 Å². The second-order valence-electron chi connectivity index (χ2n) is 12.4. The number of carbonyl (C=O) groups is 1. The number of aromatic nitrogens is 3. The molecule has 41 heavy (non-hydrogen) atoms. The summed E-state index contributed by atoms with van der Waals surface area (Å²) in [5, 5.41) is 4.56. The summed E-state index contributed by atoms with van der Waals surface area (Å²) in [5.74, 6) is 1.70. The minimum absolute atomic E-state index is 0.0160. The first-order valence-electron chi connectivity index (χ1n) is 14.3. The van der Waals surface area contributed by atoms with Gasteiger partial charge >= 0.3 is 0 Å². The van der Waals surface area contributed by atoms with Gasteiger partial charge in [0.2, 0.25) is 5.88 Å². The van der Waals surface area contributed by atoms with Gasteiger partial charge in [0.25, 0.3) is 15.9 Å². The van der Waals surface area contributed by atoms with Gasteiger partial charge in [-0.25, -0.2) is 22.8 Å². The first-order chi connectivity index (χ1) is 19.5. The molecule has 1 unspecified atom stereocenters. The Hall–Kier alpha value is -3.60. The SMILES string of the molecule is CC1(CCOc2ccn(-c3ccc4c(n3)N3CC(CCCOc5ccc(cc5)S(=O)(=O)NC4=O)CC3(C)C)n2)CC1. The summed E-state index contributed by atoms with van der Waals surface area (Å²) in [5.41, 5.74) is 0.290. The third-order valence-electron chi connectivity index (χ3n) is 8.57. The zero-order valence-corrected chi connectivity index (χ0v) is 24.6. The number of nitrogens with zero attached hydrogens (tertiary/aromatic N) is 4. The lowest BCUT2D eigenvalue weighted by atomic mass is 9.93. The third kappa shape index (κ3) is 5.91. The van der Waals surface area contributed by atoms with E-state index in [9.17, 15) is 13.2 Å². The number of carbonyl (C=O) groups excluding carboxylic acids is 1. The van der Waals surface area contributed by atoms with E-state index in [-0.39, 0.29) is 16.0 Å². The number of sulfonamides is 1. The van der Waals surface area contributed by atoms with Crippen LogP contribution in [-0.4, -0.2) is 54.4 Å². The zero-order chi connectivity index (χ0) is 28.8. The molecule has 11 heteroatoms. The molecule has 2 fully saturated rings. The normalized spacial score (nSPS) is 22.5. The summed E-state index contributed by atoms with van der Waals surface area (Å²) in [6.07, 6.45) is 8.00. The van der Waals surface area contributed by atoms with Crippen molar-refractivity contribution in [2.75, 3.05) is 24.7 Å². The molecular weight excluding hydrogens is 542 g/mol. The number of benzene rings is 1. The molecule has 0 radical (unpaired) electrons. The molecule has 5 heterocycles. The van der Waals surface area contributed by atoms with Gasteiger partial charge in [-0.1, -0.05) is 6.92 Å². The molecule has 1 aliphatic carbocycles. The first kappa shape index (κ1) is 27.6. The van der Waals surface area contributed by atoms with E-state index in [0.29, 0.717) is 54.4 Å².